The number of aryl methyl sites for hydroxylation is 1. The highest BCUT2D eigenvalue weighted by Gasteiger charge is 2.07. The number of hydrogen-bond donors (Lipinski definition) is 1. The molecule has 148 valence electrons. The van der Waals surface area contributed by atoms with Gasteiger partial charge in [-0.05, 0) is 50.3 Å². The monoisotopic (exact) mass is 475 g/mol. The summed E-state index contributed by atoms with van der Waals surface area (Å²) in [5.41, 5.74) is 1.25. The number of hydrogen-bond acceptors (Lipinski definition) is 3. The molecule has 1 rings (SSSR count). The molecule has 0 atom stereocenters. The molecule has 0 saturated heterocycles. The van der Waals surface area contributed by atoms with E-state index in [-0.39, 0.29) is 24.0 Å². The number of ether oxygens (including phenoxy) is 2. The molecule has 0 spiro atoms. The highest BCUT2D eigenvalue weighted by Crippen LogP contribution is 2.28. The van der Waals surface area contributed by atoms with Crippen molar-refractivity contribution in [3.63, 3.8) is 0 Å². The first-order valence-corrected chi connectivity index (χ1v) is 8.98. The molecule has 26 heavy (non-hydrogen) atoms. The van der Waals surface area contributed by atoms with Gasteiger partial charge >= 0.3 is 0 Å². The van der Waals surface area contributed by atoms with Crippen molar-refractivity contribution in [3.05, 3.63) is 36.4 Å². The lowest BCUT2D eigenvalue weighted by Gasteiger charge is -2.21. The first-order chi connectivity index (χ1) is 12.2. The van der Waals surface area contributed by atoms with E-state index >= 15 is 0 Å². The zero-order valence-electron chi connectivity index (χ0n) is 16.6. The summed E-state index contributed by atoms with van der Waals surface area (Å²) in [4.78, 5) is 6.50. The Kier molecular flexibility index (Phi) is 13.9. The second-order valence-corrected chi connectivity index (χ2v) is 5.85. The number of aliphatic imine (C=N–C) groups is 1. The fraction of sp³-hybridized carbons (Fsp3) is 0.550. The quantitative estimate of drug-likeness (QED) is 0.172. The molecule has 5 nitrogen and oxygen atoms in total. The Hall–Kier alpha value is -1.44. The van der Waals surface area contributed by atoms with Crippen LogP contribution >= 0.6 is 24.0 Å². The number of halogens is 1. The lowest BCUT2D eigenvalue weighted by Crippen LogP contribution is -2.39. The number of allylic oxidation sites excluding steroid dienone is 1. The van der Waals surface area contributed by atoms with Gasteiger partial charge in [0.15, 0.2) is 17.5 Å². The maximum Gasteiger partial charge on any atom is 0.193 e. The van der Waals surface area contributed by atoms with Gasteiger partial charge in [0.2, 0.25) is 0 Å². The summed E-state index contributed by atoms with van der Waals surface area (Å²) in [5.74, 6) is 2.53. The fourth-order valence-electron chi connectivity index (χ4n) is 2.60. The van der Waals surface area contributed by atoms with Crippen LogP contribution in [0.3, 0.4) is 0 Å². The molecule has 0 unspecified atom stereocenters. The predicted molar refractivity (Wildman–Crippen MR) is 121 cm³/mol. The van der Waals surface area contributed by atoms with Gasteiger partial charge in [-0.15, -0.1) is 30.6 Å². The van der Waals surface area contributed by atoms with E-state index in [4.69, 9.17) is 9.47 Å². The van der Waals surface area contributed by atoms with Crippen LogP contribution in [0.25, 0.3) is 0 Å². The van der Waals surface area contributed by atoms with E-state index in [2.05, 4.69) is 41.0 Å². The van der Waals surface area contributed by atoms with Crippen molar-refractivity contribution in [2.24, 2.45) is 4.99 Å². The van der Waals surface area contributed by atoms with Gasteiger partial charge in [-0.3, -0.25) is 4.99 Å². The molecule has 0 fully saturated rings. The third kappa shape index (κ3) is 8.78. The van der Waals surface area contributed by atoms with Gasteiger partial charge < -0.3 is 19.7 Å². The molecule has 0 radical (unpaired) electrons. The zero-order chi connectivity index (χ0) is 18.5. The van der Waals surface area contributed by atoms with Gasteiger partial charge in [-0.2, -0.15) is 0 Å². The third-order valence-corrected chi connectivity index (χ3v) is 3.93. The summed E-state index contributed by atoms with van der Waals surface area (Å²) in [6.07, 6.45) is 6.08. The van der Waals surface area contributed by atoms with Crippen molar-refractivity contribution < 1.29 is 9.47 Å². The summed E-state index contributed by atoms with van der Waals surface area (Å²) in [7, 11) is 5.55. The van der Waals surface area contributed by atoms with E-state index in [0.717, 1.165) is 56.2 Å². The first-order valence-electron chi connectivity index (χ1n) is 8.98. The lowest BCUT2D eigenvalue weighted by atomic mass is 10.1. The normalized spacial score (nSPS) is 10.7. The average molecular weight is 475 g/mol. The third-order valence-electron chi connectivity index (χ3n) is 3.93. The Morgan fingerprint density at radius 2 is 2.08 bits per heavy atom. The van der Waals surface area contributed by atoms with Crippen LogP contribution in [0, 0.1) is 0 Å². The molecule has 0 aromatic heterocycles. The molecule has 1 N–H and O–H groups in total. The number of nitrogens with zero attached hydrogens (tertiary/aromatic N) is 2. The van der Waals surface area contributed by atoms with Gasteiger partial charge in [0.05, 0.1) is 13.7 Å². The Morgan fingerprint density at radius 3 is 2.69 bits per heavy atom. The van der Waals surface area contributed by atoms with Crippen molar-refractivity contribution in [1.82, 2.24) is 10.2 Å². The molecule has 0 aliphatic heterocycles. The van der Waals surface area contributed by atoms with E-state index in [0.29, 0.717) is 6.61 Å². The summed E-state index contributed by atoms with van der Waals surface area (Å²) >= 11 is 0. The van der Waals surface area contributed by atoms with Gasteiger partial charge in [0.1, 0.15) is 0 Å². The van der Waals surface area contributed by atoms with Crippen molar-refractivity contribution >= 4 is 29.9 Å². The minimum absolute atomic E-state index is 0. The molecular weight excluding hydrogens is 441 g/mol. The topological polar surface area (TPSA) is 46.1 Å². The van der Waals surface area contributed by atoms with Crippen LogP contribution in [0.5, 0.6) is 11.5 Å². The van der Waals surface area contributed by atoms with Crippen LogP contribution in [0.15, 0.2) is 35.8 Å². The van der Waals surface area contributed by atoms with Crippen molar-refractivity contribution in [1.29, 1.82) is 0 Å². The molecule has 1 aromatic carbocycles. The van der Waals surface area contributed by atoms with Crippen LogP contribution in [0.4, 0.5) is 0 Å². The number of guanidine groups is 1. The second-order valence-electron chi connectivity index (χ2n) is 5.85. The molecule has 0 saturated carbocycles. The van der Waals surface area contributed by atoms with E-state index in [1.54, 1.807) is 7.11 Å². The highest BCUT2D eigenvalue weighted by molar-refractivity contribution is 14.0. The molecule has 1 aromatic rings. The van der Waals surface area contributed by atoms with Crippen LogP contribution in [-0.2, 0) is 6.42 Å². The van der Waals surface area contributed by atoms with Crippen LogP contribution < -0.4 is 14.8 Å². The highest BCUT2D eigenvalue weighted by atomic mass is 127. The lowest BCUT2D eigenvalue weighted by molar-refractivity contribution is 0.310. The number of unbranched alkanes of at least 4 members (excludes halogenated alkanes) is 1. The van der Waals surface area contributed by atoms with E-state index < -0.39 is 0 Å². The summed E-state index contributed by atoms with van der Waals surface area (Å²) in [5, 5.41) is 3.42. The predicted octanol–water partition coefficient (Wildman–Crippen LogP) is 4.12. The van der Waals surface area contributed by atoms with E-state index in [9.17, 15) is 0 Å². The van der Waals surface area contributed by atoms with Crippen molar-refractivity contribution in [2.75, 3.05) is 40.9 Å². The second kappa shape index (κ2) is 14.7. The van der Waals surface area contributed by atoms with E-state index in [1.807, 2.05) is 26.1 Å². The number of rotatable bonds is 11. The average Bonchev–Trinajstić information content (AvgIpc) is 2.62. The van der Waals surface area contributed by atoms with Crippen LogP contribution in [0.1, 0.15) is 31.7 Å². The molecule has 6 heteroatoms. The molecule has 0 bridgehead atoms. The number of benzene rings is 1. The fourth-order valence-corrected chi connectivity index (χ4v) is 2.60. The van der Waals surface area contributed by atoms with Crippen molar-refractivity contribution in [3.8, 4) is 11.5 Å². The van der Waals surface area contributed by atoms with E-state index in [1.165, 1.54) is 5.56 Å². The number of methoxy groups -OCH3 is 1. The molecule has 0 aliphatic rings. The molecule has 0 amide bonds. The summed E-state index contributed by atoms with van der Waals surface area (Å²) in [6.45, 7) is 8.23. The first kappa shape index (κ1) is 24.6. The Morgan fingerprint density at radius 1 is 1.31 bits per heavy atom. The SMILES string of the molecule is C=CCCCN(C)C(=NC)NCCCc1ccc(OC)c(OCC)c1.I. The molecule has 0 aliphatic carbocycles. The maximum atomic E-state index is 5.64. The molecule has 0 heterocycles. The van der Waals surface area contributed by atoms with Crippen LogP contribution in [0.2, 0.25) is 0 Å². The van der Waals surface area contributed by atoms with Gasteiger partial charge in [-0.1, -0.05) is 12.1 Å². The minimum Gasteiger partial charge on any atom is -0.493 e. The number of nitrogens with one attached hydrogen (secondary N) is 1. The minimum atomic E-state index is 0. The largest absolute Gasteiger partial charge is 0.493 e. The van der Waals surface area contributed by atoms with Gasteiger partial charge in [0.25, 0.3) is 0 Å². The standard InChI is InChI=1S/C20H33N3O2.HI/c1-6-8-9-15-23(4)20(21-3)22-14-10-11-17-12-13-18(24-5)19(16-17)25-7-2;/h6,12-13,16H,1,7-11,14-15H2,2-5H3,(H,21,22);1H. The van der Waals surface area contributed by atoms with Crippen LogP contribution in [-0.4, -0.2) is 51.8 Å². The van der Waals surface area contributed by atoms with Gasteiger partial charge in [-0.25, -0.2) is 0 Å². The smallest absolute Gasteiger partial charge is 0.193 e. The summed E-state index contributed by atoms with van der Waals surface area (Å²) in [6, 6.07) is 6.14. The van der Waals surface area contributed by atoms with Gasteiger partial charge in [0, 0.05) is 27.2 Å². The zero-order valence-corrected chi connectivity index (χ0v) is 18.9. The maximum absolute atomic E-state index is 5.64. The van der Waals surface area contributed by atoms with Crippen molar-refractivity contribution in [2.45, 2.75) is 32.6 Å². The summed E-state index contributed by atoms with van der Waals surface area (Å²) < 4.78 is 11.0. The Labute approximate surface area is 175 Å². The Bertz CT molecular complexity index is 550. The Balaban J connectivity index is 0.00000625. The molecular formula is C20H34IN3O2.